The minimum atomic E-state index is -0.627. The van der Waals surface area contributed by atoms with Gasteiger partial charge in [-0.05, 0) is 48.7 Å². The number of carbonyl (C=O) groups is 2. The first kappa shape index (κ1) is 24.4. The van der Waals surface area contributed by atoms with Gasteiger partial charge >= 0.3 is 0 Å². The maximum Gasteiger partial charge on any atom is 0.260 e. The molecule has 3 N–H and O–H groups in total. The van der Waals surface area contributed by atoms with E-state index in [0.717, 1.165) is 24.2 Å². The third-order valence-electron chi connectivity index (χ3n) is 6.14. The number of para-hydroxylation sites is 1. The van der Waals surface area contributed by atoms with Crippen molar-refractivity contribution in [2.24, 2.45) is 0 Å². The summed E-state index contributed by atoms with van der Waals surface area (Å²) in [5.41, 5.74) is 3.21. The van der Waals surface area contributed by atoms with Crippen LogP contribution in [0.1, 0.15) is 12.0 Å². The lowest BCUT2D eigenvalue weighted by atomic mass is 10.1. The van der Waals surface area contributed by atoms with Gasteiger partial charge in [-0.3, -0.25) is 14.6 Å². The van der Waals surface area contributed by atoms with E-state index in [1.807, 2.05) is 12.1 Å². The predicted molar refractivity (Wildman–Crippen MR) is 134 cm³/mol. The molecule has 9 nitrogen and oxygen atoms in total. The van der Waals surface area contributed by atoms with Crippen LogP contribution in [-0.4, -0.2) is 77.9 Å². The van der Waals surface area contributed by atoms with Crippen molar-refractivity contribution < 1.29 is 24.5 Å². The minimum absolute atomic E-state index is 0.136. The average Bonchev–Trinajstić information content (AvgIpc) is 3.32. The van der Waals surface area contributed by atoms with E-state index in [1.165, 1.54) is 0 Å². The molecule has 0 aliphatic carbocycles. The minimum Gasteiger partial charge on any atom is -0.483 e. The van der Waals surface area contributed by atoms with Gasteiger partial charge < -0.3 is 30.1 Å². The van der Waals surface area contributed by atoms with E-state index in [2.05, 4.69) is 27.3 Å². The van der Waals surface area contributed by atoms with Gasteiger partial charge in [-0.25, -0.2) is 0 Å². The molecule has 3 aromatic rings. The number of anilines is 2. The van der Waals surface area contributed by atoms with Crippen LogP contribution in [0.4, 0.5) is 11.4 Å². The molecule has 0 saturated carbocycles. The highest BCUT2D eigenvalue weighted by Crippen LogP contribution is 2.30. The summed E-state index contributed by atoms with van der Waals surface area (Å²) in [5.74, 6) is -0.214. The molecule has 1 fully saturated rings. The van der Waals surface area contributed by atoms with Gasteiger partial charge in [-0.2, -0.15) is 0 Å². The van der Waals surface area contributed by atoms with Crippen LogP contribution in [0.5, 0.6) is 5.75 Å². The van der Waals surface area contributed by atoms with Crippen LogP contribution < -0.4 is 15.0 Å². The van der Waals surface area contributed by atoms with Gasteiger partial charge in [0.15, 0.2) is 6.61 Å². The Morgan fingerprint density at radius 3 is 2.80 bits per heavy atom. The number of ether oxygens (including phenoxy) is 1. The lowest BCUT2D eigenvalue weighted by Crippen LogP contribution is -2.33. The molecule has 184 valence electrons. The Hall–Kier alpha value is -3.69. The van der Waals surface area contributed by atoms with Gasteiger partial charge in [0.05, 0.1) is 17.3 Å². The van der Waals surface area contributed by atoms with Crippen LogP contribution in [0.15, 0.2) is 54.7 Å². The molecule has 1 aromatic heterocycles. The summed E-state index contributed by atoms with van der Waals surface area (Å²) in [4.78, 5) is 32.5. The molecule has 2 aromatic carbocycles. The number of aliphatic hydroxyl groups is 2. The van der Waals surface area contributed by atoms with Crippen LogP contribution in [0.2, 0.25) is 0 Å². The average molecular weight is 479 g/mol. The monoisotopic (exact) mass is 478 g/mol. The van der Waals surface area contributed by atoms with E-state index >= 15 is 0 Å². The van der Waals surface area contributed by atoms with Gasteiger partial charge in [0, 0.05) is 44.0 Å². The number of benzene rings is 2. The summed E-state index contributed by atoms with van der Waals surface area (Å²) in [5, 5.41) is 22.1. The Bertz CT molecular complexity index is 1200. The number of carbonyl (C=O) groups excluding carboxylic acids is 2. The number of rotatable bonds is 9. The molecule has 2 amide bonds. The lowest BCUT2D eigenvalue weighted by Gasteiger charge is -2.23. The maximum atomic E-state index is 12.8. The fourth-order valence-corrected chi connectivity index (χ4v) is 4.22. The topological polar surface area (TPSA) is 115 Å². The Morgan fingerprint density at radius 1 is 1.20 bits per heavy atom. The lowest BCUT2D eigenvalue weighted by molar-refractivity contribution is -0.132. The second-order valence-corrected chi connectivity index (χ2v) is 8.59. The number of pyridine rings is 1. The molecule has 2 heterocycles. The van der Waals surface area contributed by atoms with Crippen LogP contribution in [-0.2, 0) is 16.0 Å². The first-order chi connectivity index (χ1) is 17.0. The third-order valence-corrected chi connectivity index (χ3v) is 6.14. The number of fused-ring (bicyclic) bond motifs is 1. The van der Waals surface area contributed by atoms with Crippen LogP contribution in [0, 0.1) is 0 Å². The van der Waals surface area contributed by atoms with E-state index in [1.54, 1.807) is 42.4 Å². The molecule has 0 unspecified atom stereocenters. The number of hydrogen-bond acceptors (Lipinski definition) is 7. The van der Waals surface area contributed by atoms with E-state index in [4.69, 9.17) is 9.84 Å². The standard InChI is InChI=1S/C26H30N4O5/c1-29(13-10-18-5-2-3-7-22(18)30-14-11-19(32)15-30)25(34)17-35-23-9-8-21(28-24(33)16-31)26-20(23)6-4-12-27-26/h2-9,12,19,31-32H,10-11,13-17H2,1H3,(H,28,33)/t19-/m0/s1. The first-order valence-electron chi connectivity index (χ1n) is 11.6. The fraction of sp³-hybridized carbons (Fsp3) is 0.346. The molecule has 1 aliphatic heterocycles. The summed E-state index contributed by atoms with van der Waals surface area (Å²) < 4.78 is 5.83. The summed E-state index contributed by atoms with van der Waals surface area (Å²) in [7, 11) is 1.75. The molecule has 1 saturated heterocycles. The number of nitrogens with one attached hydrogen (secondary N) is 1. The maximum absolute atomic E-state index is 12.8. The second-order valence-electron chi connectivity index (χ2n) is 8.59. The SMILES string of the molecule is CN(CCc1ccccc1N1CC[C@H](O)C1)C(=O)COc1ccc(NC(=O)CO)c2ncccc12. The predicted octanol–water partition coefficient (Wildman–Crippen LogP) is 1.82. The molecule has 1 atom stereocenters. The largest absolute Gasteiger partial charge is 0.483 e. The number of aromatic nitrogens is 1. The van der Waals surface area contributed by atoms with Gasteiger partial charge in [-0.15, -0.1) is 0 Å². The van der Waals surface area contributed by atoms with Crippen molar-refractivity contribution in [3.63, 3.8) is 0 Å². The van der Waals surface area contributed by atoms with E-state index in [-0.39, 0.29) is 18.6 Å². The second kappa shape index (κ2) is 11.2. The quantitative estimate of drug-likeness (QED) is 0.430. The summed E-state index contributed by atoms with van der Waals surface area (Å²) >= 11 is 0. The van der Waals surface area contributed by atoms with Gasteiger partial charge in [0.25, 0.3) is 5.91 Å². The van der Waals surface area contributed by atoms with Crippen molar-refractivity contribution in [1.29, 1.82) is 0 Å². The smallest absolute Gasteiger partial charge is 0.260 e. The van der Waals surface area contributed by atoms with Crippen molar-refractivity contribution >= 4 is 34.1 Å². The molecule has 0 bridgehead atoms. The number of aliphatic hydroxyl groups excluding tert-OH is 2. The number of β-amino-alcohol motifs (C(OH)–C–C–N with tert-alkyl or cyclic N) is 1. The highest BCUT2D eigenvalue weighted by molar-refractivity contribution is 6.02. The molecule has 35 heavy (non-hydrogen) atoms. The van der Waals surface area contributed by atoms with Crippen LogP contribution >= 0.6 is 0 Å². The van der Waals surface area contributed by atoms with Crippen molar-refractivity contribution in [3.8, 4) is 5.75 Å². The first-order valence-corrected chi connectivity index (χ1v) is 11.6. The van der Waals surface area contributed by atoms with Crippen molar-refractivity contribution in [3.05, 3.63) is 60.3 Å². The molecule has 4 rings (SSSR count). The fourth-order valence-electron chi connectivity index (χ4n) is 4.22. The zero-order chi connectivity index (χ0) is 24.8. The Balaban J connectivity index is 1.37. The van der Waals surface area contributed by atoms with Gasteiger partial charge in [0.1, 0.15) is 12.4 Å². The number of nitrogens with zero attached hydrogens (tertiary/aromatic N) is 3. The van der Waals surface area contributed by atoms with Crippen molar-refractivity contribution in [2.75, 3.05) is 50.1 Å². The van der Waals surface area contributed by atoms with Crippen LogP contribution in [0.25, 0.3) is 10.9 Å². The molecular weight excluding hydrogens is 448 g/mol. The Kier molecular flexibility index (Phi) is 7.79. The number of hydrogen-bond donors (Lipinski definition) is 3. The zero-order valence-electron chi connectivity index (χ0n) is 19.7. The van der Waals surface area contributed by atoms with E-state index < -0.39 is 12.5 Å². The highest BCUT2D eigenvalue weighted by Gasteiger charge is 2.22. The van der Waals surface area contributed by atoms with E-state index in [0.29, 0.717) is 41.9 Å². The molecule has 0 radical (unpaired) electrons. The van der Waals surface area contributed by atoms with Crippen LogP contribution in [0.3, 0.4) is 0 Å². The van der Waals surface area contributed by atoms with Gasteiger partial charge in [-0.1, -0.05) is 18.2 Å². The molecule has 9 heteroatoms. The number of amides is 2. The molecule has 1 aliphatic rings. The highest BCUT2D eigenvalue weighted by atomic mass is 16.5. The Labute approximate surface area is 203 Å². The summed E-state index contributed by atoms with van der Waals surface area (Å²) in [6.45, 7) is 1.22. The summed E-state index contributed by atoms with van der Waals surface area (Å²) in [6.07, 6.45) is 2.76. The zero-order valence-corrected chi connectivity index (χ0v) is 19.7. The molecule has 0 spiro atoms. The Morgan fingerprint density at radius 2 is 2.03 bits per heavy atom. The van der Waals surface area contributed by atoms with Crippen molar-refractivity contribution in [1.82, 2.24) is 9.88 Å². The van der Waals surface area contributed by atoms with Crippen molar-refractivity contribution in [2.45, 2.75) is 18.9 Å². The third kappa shape index (κ3) is 5.87. The normalized spacial score (nSPS) is 15.3. The number of likely N-dealkylation sites (N-methyl/N-ethyl adjacent to an activating group) is 1. The molecular formula is C26H30N4O5. The van der Waals surface area contributed by atoms with Gasteiger partial charge in [0.2, 0.25) is 5.91 Å². The summed E-state index contributed by atoms with van der Waals surface area (Å²) in [6, 6.07) is 15.0. The van der Waals surface area contributed by atoms with E-state index in [9.17, 15) is 14.7 Å².